The number of hydrogen-bond donors (Lipinski definition) is 2. The molecule has 0 atom stereocenters. The summed E-state index contributed by atoms with van der Waals surface area (Å²) >= 11 is 0. The summed E-state index contributed by atoms with van der Waals surface area (Å²) in [4.78, 5) is -0.344. The standard InChI is InChI=1S/C10H6O5S/c11-7-5-3-1-2-4-6(5)8(12)10-9(7)15-16(10,13)14/h1-4,11-12H. The molecule has 0 bridgehead atoms. The molecule has 0 fully saturated rings. The van der Waals surface area contributed by atoms with Crippen LogP contribution in [0.15, 0.2) is 29.2 Å². The number of aromatic hydroxyl groups is 2. The minimum absolute atomic E-state index is 0.184. The Bertz CT molecular complexity index is 718. The Morgan fingerprint density at radius 1 is 1.00 bits per heavy atom. The third-order valence-electron chi connectivity index (χ3n) is 2.52. The van der Waals surface area contributed by atoms with Crippen molar-refractivity contribution in [2.75, 3.05) is 0 Å². The first kappa shape index (κ1) is 9.29. The molecule has 1 heterocycles. The summed E-state index contributed by atoms with van der Waals surface area (Å²) in [6, 6.07) is 6.40. The largest absolute Gasteiger partial charge is 0.506 e. The molecular weight excluding hydrogens is 232 g/mol. The highest BCUT2D eigenvalue weighted by Gasteiger charge is 2.41. The summed E-state index contributed by atoms with van der Waals surface area (Å²) in [5, 5.41) is 20.2. The van der Waals surface area contributed by atoms with Crippen LogP contribution >= 0.6 is 0 Å². The van der Waals surface area contributed by atoms with Crippen LogP contribution in [-0.4, -0.2) is 18.6 Å². The fourth-order valence-electron chi connectivity index (χ4n) is 1.78. The Labute approximate surface area is 90.6 Å². The quantitative estimate of drug-likeness (QED) is 0.534. The molecule has 0 amide bonds. The van der Waals surface area contributed by atoms with Gasteiger partial charge in [0.1, 0.15) is 5.75 Å². The Morgan fingerprint density at radius 2 is 1.56 bits per heavy atom. The van der Waals surface area contributed by atoms with Gasteiger partial charge in [0.2, 0.25) is 5.75 Å². The van der Waals surface area contributed by atoms with Crippen molar-refractivity contribution in [1.29, 1.82) is 0 Å². The predicted octanol–water partition coefficient (Wildman–Crippen LogP) is 1.33. The fraction of sp³-hybridized carbons (Fsp3) is 0. The first-order valence-corrected chi connectivity index (χ1v) is 5.84. The fourth-order valence-corrected chi connectivity index (χ4v) is 2.84. The summed E-state index contributed by atoms with van der Waals surface area (Å²) < 4.78 is 26.9. The monoisotopic (exact) mass is 238 g/mol. The molecule has 1 aliphatic rings. The van der Waals surface area contributed by atoms with Crippen molar-refractivity contribution in [3.8, 4) is 17.2 Å². The first-order chi connectivity index (χ1) is 7.52. The van der Waals surface area contributed by atoms with Gasteiger partial charge < -0.3 is 14.4 Å². The van der Waals surface area contributed by atoms with E-state index in [1.165, 1.54) is 6.07 Å². The number of fused-ring (bicyclic) bond motifs is 2. The molecule has 0 saturated heterocycles. The van der Waals surface area contributed by atoms with Crippen molar-refractivity contribution >= 4 is 20.9 Å². The van der Waals surface area contributed by atoms with E-state index in [9.17, 15) is 18.6 Å². The highest BCUT2D eigenvalue weighted by Crippen LogP contribution is 2.53. The van der Waals surface area contributed by atoms with Crippen molar-refractivity contribution in [3.05, 3.63) is 24.3 Å². The molecule has 5 nitrogen and oxygen atoms in total. The minimum atomic E-state index is -3.90. The first-order valence-electron chi connectivity index (χ1n) is 4.43. The zero-order chi connectivity index (χ0) is 11.5. The summed E-state index contributed by atoms with van der Waals surface area (Å²) in [6.45, 7) is 0. The molecule has 0 unspecified atom stereocenters. The molecule has 0 spiro atoms. The van der Waals surface area contributed by atoms with Crippen LogP contribution in [0.3, 0.4) is 0 Å². The summed E-state index contributed by atoms with van der Waals surface area (Å²) in [5.41, 5.74) is 0. The normalized spacial score (nSPS) is 16.2. The molecule has 2 aromatic carbocycles. The van der Waals surface area contributed by atoms with E-state index in [-0.39, 0.29) is 27.5 Å². The zero-order valence-electron chi connectivity index (χ0n) is 7.84. The van der Waals surface area contributed by atoms with Crippen LogP contribution in [0.5, 0.6) is 17.2 Å². The van der Waals surface area contributed by atoms with Gasteiger partial charge in [-0.05, 0) is 0 Å². The smallest absolute Gasteiger partial charge is 0.347 e. The second-order valence-electron chi connectivity index (χ2n) is 3.44. The number of phenols is 2. The van der Waals surface area contributed by atoms with Gasteiger partial charge in [0.05, 0.1) is 0 Å². The van der Waals surface area contributed by atoms with Crippen LogP contribution in [0.1, 0.15) is 0 Å². The van der Waals surface area contributed by atoms with E-state index in [1.54, 1.807) is 18.2 Å². The Balaban J connectivity index is 2.58. The predicted molar refractivity (Wildman–Crippen MR) is 55.1 cm³/mol. The van der Waals surface area contributed by atoms with E-state index in [2.05, 4.69) is 4.18 Å². The number of benzene rings is 2. The highest BCUT2D eigenvalue weighted by molar-refractivity contribution is 7.88. The van der Waals surface area contributed by atoms with Gasteiger partial charge in [0, 0.05) is 10.8 Å². The van der Waals surface area contributed by atoms with E-state index < -0.39 is 10.1 Å². The van der Waals surface area contributed by atoms with Gasteiger partial charge in [-0.1, -0.05) is 24.3 Å². The maximum absolute atomic E-state index is 11.2. The molecule has 6 heteroatoms. The van der Waals surface area contributed by atoms with Crippen molar-refractivity contribution in [2.24, 2.45) is 0 Å². The van der Waals surface area contributed by atoms with Gasteiger partial charge in [0.25, 0.3) is 0 Å². The van der Waals surface area contributed by atoms with Crippen LogP contribution in [0.2, 0.25) is 0 Å². The van der Waals surface area contributed by atoms with Crippen LogP contribution in [0.4, 0.5) is 0 Å². The van der Waals surface area contributed by atoms with Gasteiger partial charge in [0.15, 0.2) is 10.6 Å². The van der Waals surface area contributed by atoms with E-state index >= 15 is 0 Å². The van der Waals surface area contributed by atoms with Crippen LogP contribution < -0.4 is 4.18 Å². The molecule has 0 aromatic heterocycles. The molecule has 0 aliphatic carbocycles. The molecule has 3 rings (SSSR count). The lowest BCUT2D eigenvalue weighted by atomic mass is 10.1. The molecule has 0 saturated carbocycles. The van der Waals surface area contributed by atoms with Crippen molar-refractivity contribution in [2.45, 2.75) is 4.90 Å². The number of phenolic OH excluding ortho intramolecular Hbond substituents is 2. The number of hydrogen-bond acceptors (Lipinski definition) is 5. The Hall–Kier alpha value is -1.95. The minimum Gasteiger partial charge on any atom is -0.506 e. The maximum atomic E-state index is 11.2. The van der Waals surface area contributed by atoms with E-state index in [0.717, 1.165) is 0 Å². The zero-order valence-corrected chi connectivity index (χ0v) is 8.65. The van der Waals surface area contributed by atoms with E-state index in [4.69, 9.17) is 0 Å². The molecule has 1 aliphatic heterocycles. The topological polar surface area (TPSA) is 83.8 Å². The van der Waals surface area contributed by atoms with Crippen molar-refractivity contribution in [3.63, 3.8) is 0 Å². The SMILES string of the molecule is O=S1(=O)Oc2c1c(O)c1ccccc1c2O. The maximum Gasteiger partial charge on any atom is 0.347 e. The third kappa shape index (κ3) is 0.917. The second-order valence-corrected chi connectivity index (χ2v) is 4.92. The second kappa shape index (κ2) is 2.59. The lowest BCUT2D eigenvalue weighted by Crippen LogP contribution is -2.21. The van der Waals surface area contributed by atoms with Crippen molar-refractivity contribution in [1.82, 2.24) is 0 Å². The lowest BCUT2D eigenvalue weighted by molar-refractivity contribution is 0.379. The van der Waals surface area contributed by atoms with E-state index in [1.807, 2.05) is 0 Å². The van der Waals surface area contributed by atoms with Gasteiger partial charge in [-0.15, -0.1) is 0 Å². The number of rotatable bonds is 0. The molecule has 2 N–H and O–H groups in total. The molecule has 0 radical (unpaired) electrons. The molecular formula is C10H6O5S. The van der Waals surface area contributed by atoms with Crippen LogP contribution in [0, 0.1) is 0 Å². The van der Waals surface area contributed by atoms with Gasteiger partial charge in [-0.2, -0.15) is 8.42 Å². The van der Waals surface area contributed by atoms with Gasteiger partial charge >= 0.3 is 10.1 Å². The third-order valence-corrected chi connectivity index (χ3v) is 3.78. The Kier molecular flexibility index (Phi) is 1.50. The Morgan fingerprint density at radius 3 is 2.12 bits per heavy atom. The summed E-state index contributed by atoms with van der Waals surface area (Å²) in [5.74, 6) is -0.830. The van der Waals surface area contributed by atoms with Crippen LogP contribution in [0.25, 0.3) is 10.8 Å². The average Bonchev–Trinajstić information content (AvgIpc) is 2.24. The highest BCUT2D eigenvalue weighted by atomic mass is 32.2. The van der Waals surface area contributed by atoms with Gasteiger partial charge in [-0.25, -0.2) is 0 Å². The summed E-state index contributed by atoms with van der Waals surface area (Å²) in [6.07, 6.45) is 0. The lowest BCUT2D eigenvalue weighted by Gasteiger charge is -2.22. The summed E-state index contributed by atoms with van der Waals surface area (Å²) in [7, 11) is -3.90. The van der Waals surface area contributed by atoms with E-state index in [0.29, 0.717) is 5.39 Å². The molecule has 16 heavy (non-hydrogen) atoms. The average molecular weight is 238 g/mol. The van der Waals surface area contributed by atoms with Gasteiger partial charge in [-0.3, -0.25) is 0 Å². The molecule has 2 aromatic rings. The van der Waals surface area contributed by atoms with Crippen molar-refractivity contribution < 1.29 is 22.8 Å². The molecule has 82 valence electrons. The van der Waals surface area contributed by atoms with Crippen LogP contribution in [-0.2, 0) is 10.1 Å².